The minimum Gasteiger partial charge on any atom is -0.478 e. The summed E-state index contributed by atoms with van der Waals surface area (Å²) < 4.78 is 30.8. The van der Waals surface area contributed by atoms with E-state index in [-0.39, 0.29) is 6.54 Å². The van der Waals surface area contributed by atoms with Crippen LogP contribution in [0.5, 0.6) is 0 Å². The second-order valence-electron chi connectivity index (χ2n) is 4.48. The quantitative estimate of drug-likeness (QED) is 0.823. The average Bonchev–Trinajstić information content (AvgIpc) is 3.01. The van der Waals surface area contributed by atoms with E-state index >= 15 is 0 Å². The van der Waals surface area contributed by atoms with Gasteiger partial charge in [0, 0.05) is 19.2 Å². The highest BCUT2D eigenvalue weighted by molar-refractivity contribution is 7.89. The number of aromatic nitrogens is 3. The Hall–Kier alpha value is -2.20. The molecule has 2 heterocycles. The Bertz CT molecular complexity index is 757. The van der Waals surface area contributed by atoms with Gasteiger partial charge in [-0.1, -0.05) is 5.16 Å². The number of nitrogens with zero attached hydrogens (tertiary/aromatic N) is 3. The van der Waals surface area contributed by atoms with E-state index in [9.17, 15) is 13.2 Å². The number of sulfonamides is 1. The van der Waals surface area contributed by atoms with Crippen LogP contribution < -0.4 is 0 Å². The fraction of sp³-hybridized carbons (Fsp3) is 0.364. The van der Waals surface area contributed by atoms with Crippen molar-refractivity contribution in [2.75, 3.05) is 7.05 Å². The van der Waals surface area contributed by atoms with Crippen LogP contribution in [0.4, 0.5) is 0 Å². The number of hydrogen-bond acceptors (Lipinski definition) is 6. The zero-order chi connectivity index (χ0) is 15.8. The monoisotopic (exact) mass is 314 g/mol. The molecule has 0 bridgehead atoms. The first-order valence-electron chi connectivity index (χ1n) is 5.90. The molecular formula is C11H14N4O5S. The minimum absolute atomic E-state index is 0.0155. The molecule has 2 rings (SSSR count). The summed E-state index contributed by atoms with van der Waals surface area (Å²) in [6.45, 7) is 3.39. The Kier molecular flexibility index (Phi) is 3.83. The van der Waals surface area contributed by atoms with Gasteiger partial charge < -0.3 is 9.63 Å². The maximum absolute atomic E-state index is 12.4. The number of H-pyrrole nitrogens is 1. The number of aryl methyl sites for hydroxylation is 2. The summed E-state index contributed by atoms with van der Waals surface area (Å²) in [5, 5.41) is 18.0. The summed E-state index contributed by atoms with van der Waals surface area (Å²) in [4.78, 5) is 11.0. The van der Waals surface area contributed by atoms with Gasteiger partial charge >= 0.3 is 5.97 Å². The number of aromatic amines is 1. The molecule has 0 amide bonds. The standard InChI is InChI=1S/C11H14N4O5S/c1-6-9(7(2)20-14-6)5-15(3)21(18,19)10-8(11(16)17)4-12-13-10/h4H,5H2,1-3H3,(H,12,13)(H,16,17). The van der Waals surface area contributed by atoms with Crippen LogP contribution in [0.25, 0.3) is 0 Å². The van der Waals surface area contributed by atoms with Gasteiger partial charge in [0.15, 0.2) is 5.03 Å². The molecule has 2 aromatic heterocycles. The largest absolute Gasteiger partial charge is 0.478 e. The molecule has 0 fully saturated rings. The third-order valence-electron chi connectivity index (χ3n) is 3.07. The molecule has 0 atom stereocenters. The third-order valence-corrected chi connectivity index (χ3v) is 4.84. The van der Waals surface area contributed by atoms with Crippen molar-refractivity contribution in [3.63, 3.8) is 0 Å². The van der Waals surface area contributed by atoms with Gasteiger partial charge in [0.1, 0.15) is 11.3 Å². The molecule has 9 nitrogen and oxygen atoms in total. The highest BCUT2D eigenvalue weighted by Gasteiger charge is 2.30. The molecule has 0 spiro atoms. The molecule has 10 heteroatoms. The maximum atomic E-state index is 12.4. The van der Waals surface area contributed by atoms with Crippen LogP contribution in [0.15, 0.2) is 15.7 Å². The van der Waals surface area contributed by atoms with E-state index in [4.69, 9.17) is 9.63 Å². The molecule has 2 N–H and O–H groups in total. The van der Waals surface area contributed by atoms with E-state index in [0.717, 1.165) is 10.5 Å². The van der Waals surface area contributed by atoms with Crippen LogP contribution >= 0.6 is 0 Å². The molecule has 0 unspecified atom stereocenters. The van der Waals surface area contributed by atoms with E-state index in [1.165, 1.54) is 7.05 Å². The summed E-state index contributed by atoms with van der Waals surface area (Å²) in [7, 11) is -2.67. The van der Waals surface area contributed by atoms with Crippen molar-refractivity contribution in [3.8, 4) is 0 Å². The SMILES string of the molecule is Cc1noc(C)c1CN(C)S(=O)(=O)c1[nH]ncc1C(=O)O. The number of hydrogen-bond donors (Lipinski definition) is 2. The highest BCUT2D eigenvalue weighted by Crippen LogP contribution is 2.21. The smallest absolute Gasteiger partial charge is 0.340 e. The molecule has 0 aliphatic carbocycles. The number of carboxylic acid groups (broad SMARTS) is 1. The van der Waals surface area contributed by atoms with Crippen molar-refractivity contribution < 1.29 is 22.8 Å². The van der Waals surface area contributed by atoms with Crippen LogP contribution in [-0.2, 0) is 16.6 Å². The Morgan fingerprint density at radius 3 is 2.67 bits per heavy atom. The predicted octanol–water partition coefficient (Wildman–Crippen LogP) is 0.533. The van der Waals surface area contributed by atoms with Crippen molar-refractivity contribution in [1.29, 1.82) is 0 Å². The summed E-state index contributed by atoms with van der Waals surface area (Å²) in [6, 6.07) is 0. The fourth-order valence-corrected chi connectivity index (χ4v) is 3.01. The molecule has 0 saturated carbocycles. The van der Waals surface area contributed by atoms with Gasteiger partial charge in [0.05, 0.1) is 11.9 Å². The molecule has 0 saturated heterocycles. The van der Waals surface area contributed by atoms with Crippen molar-refractivity contribution in [2.24, 2.45) is 0 Å². The van der Waals surface area contributed by atoms with Gasteiger partial charge in [0.2, 0.25) is 0 Å². The molecule has 0 radical (unpaired) electrons. The second kappa shape index (κ2) is 5.30. The normalized spacial score (nSPS) is 12.0. The molecule has 2 aromatic rings. The van der Waals surface area contributed by atoms with Crippen molar-refractivity contribution >= 4 is 16.0 Å². The minimum atomic E-state index is -4.02. The van der Waals surface area contributed by atoms with E-state index in [2.05, 4.69) is 15.4 Å². The fourth-order valence-electron chi connectivity index (χ4n) is 1.81. The summed E-state index contributed by atoms with van der Waals surface area (Å²) >= 11 is 0. The van der Waals surface area contributed by atoms with Gasteiger partial charge in [-0.05, 0) is 13.8 Å². The Morgan fingerprint density at radius 2 is 2.14 bits per heavy atom. The topological polar surface area (TPSA) is 129 Å². The lowest BCUT2D eigenvalue weighted by Crippen LogP contribution is -2.28. The van der Waals surface area contributed by atoms with Gasteiger partial charge in [-0.25, -0.2) is 13.2 Å². The van der Waals surface area contributed by atoms with Crippen LogP contribution in [0, 0.1) is 13.8 Å². The maximum Gasteiger partial charge on any atom is 0.340 e. The zero-order valence-corrected chi connectivity index (χ0v) is 12.4. The predicted molar refractivity (Wildman–Crippen MR) is 70.2 cm³/mol. The van der Waals surface area contributed by atoms with E-state index < -0.39 is 26.6 Å². The van der Waals surface area contributed by atoms with Crippen molar-refractivity contribution in [2.45, 2.75) is 25.4 Å². The van der Waals surface area contributed by atoms with Crippen LogP contribution in [0.1, 0.15) is 27.4 Å². The molecule has 114 valence electrons. The molecule has 0 aromatic carbocycles. The van der Waals surface area contributed by atoms with E-state index in [0.29, 0.717) is 17.0 Å². The van der Waals surface area contributed by atoms with Crippen LogP contribution in [-0.4, -0.2) is 46.2 Å². The number of carboxylic acids is 1. The van der Waals surface area contributed by atoms with Gasteiger partial charge in [-0.3, -0.25) is 5.10 Å². The number of nitrogens with one attached hydrogen (secondary N) is 1. The number of aromatic carboxylic acids is 1. The summed E-state index contributed by atoms with van der Waals surface area (Å²) in [5.41, 5.74) is 0.815. The number of rotatable bonds is 5. The number of carbonyl (C=O) groups is 1. The lowest BCUT2D eigenvalue weighted by molar-refractivity contribution is 0.0692. The average molecular weight is 314 g/mol. The summed E-state index contributed by atoms with van der Waals surface area (Å²) in [5.74, 6) is -0.856. The molecule has 21 heavy (non-hydrogen) atoms. The van der Waals surface area contributed by atoms with Crippen LogP contribution in [0.2, 0.25) is 0 Å². The Balaban J connectivity index is 2.35. The van der Waals surface area contributed by atoms with Gasteiger partial charge in [0.25, 0.3) is 10.0 Å². The zero-order valence-electron chi connectivity index (χ0n) is 11.6. The van der Waals surface area contributed by atoms with E-state index in [1.54, 1.807) is 13.8 Å². The van der Waals surface area contributed by atoms with E-state index in [1.807, 2.05) is 0 Å². The Morgan fingerprint density at radius 1 is 1.48 bits per heavy atom. The van der Waals surface area contributed by atoms with Crippen molar-refractivity contribution in [3.05, 3.63) is 28.8 Å². The lowest BCUT2D eigenvalue weighted by Gasteiger charge is -2.16. The third kappa shape index (κ3) is 2.67. The molecule has 0 aliphatic rings. The van der Waals surface area contributed by atoms with Gasteiger partial charge in [-0.2, -0.15) is 9.40 Å². The Labute approximate surface area is 120 Å². The van der Waals surface area contributed by atoms with Crippen molar-refractivity contribution in [1.82, 2.24) is 19.7 Å². The first kappa shape index (κ1) is 15.2. The first-order chi connectivity index (χ1) is 9.75. The van der Waals surface area contributed by atoms with Gasteiger partial charge in [-0.15, -0.1) is 0 Å². The first-order valence-corrected chi connectivity index (χ1v) is 7.34. The second-order valence-corrected chi connectivity index (χ2v) is 6.46. The summed E-state index contributed by atoms with van der Waals surface area (Å²) in [6.07, 6.45) is 0.957. The molecule has 0 aliphatic heterocycles. The van der Waals surface area contributed by atoms with Crippen LogP contribution in [0.3, 0.4) is 0 Å². The molecular weight excluding hydrogens is 300 g/mol. The lowest BCUT2D eigenvalue weighted by atomic mass is 10.2. The highest BCUT2D eigenvalue weighted by atomic mass is 32.2.